The molecule has 0 saturated carbocycles. The third-order valence-corrected chi connectivity index (χ3v) is 3.54. The molecule has 0 radical (unpaired) electrons. The Hall–Kier alpha value is -3.76. The van der Waals surface area contributed by atoms with Gasteiger partial charge in [0.2, 0.25) is 0 Å². The summed E-state index contributed by atoms with van der Waals surface area (Å²) in [5.41, 5.74) is 0.399. The van der Waals surface area contributed by atoms with E-state index in [9.17, 15) is 27.2 Å². The van der Waals surface area contributed by atoms with Crippen LogP contribution in [0.15, 0.2) is 48.5 Å². The zero-order valence-corrected chi connectivity index (χ0v) is 16.0. The highest BCUT2D eigenvalue weighted by Gasteiger charge is 2.13. The van der Waals surface area contributed by atoms with Gasteiger partial charge in [0.05, 0.1) is 12.8 Å². The zero-order chi connectivity index (χ0) is 22.8. The maximum absolute atomic E-state index is 12.4. The SMILES string of the molecule is COc1cc(/C=C/C(=O)OCC(=O)Nc2ccccc2OC(F)F)ccc1OC(F)F. The number of methoxy groups -OCH3 is 1. The Morgan fingerprint density at radius 1 is 0.968 bits per heavy atom. The van der Waals surface area contributed by atoms with Crippen molar-refractivity contribution in [2.75, 3.05) is 19.0 Å². The summed E-state index contributed by atoms with van der Waals surface area (Å²) in [5.74, 6) is -2.04. The second kappa shape index (κ2) is 11.4. The van der Waals surface area contributed by atoms with Crippen LogP contribution in [-0.2, 0) is 14.3 Å². The van der Waals surface area contributed by atoms with Gasteiger partial charge in [0.25, 0.3) is 5.91 Å². The average Bonchev–Trinajstić information content (AvgIpc) is 2.72. The van der Waals surface area contributed by atoms with Crippen LogP contribution < -0.4 is 19.5 Å². The highest BCUT2D eigenvalue weighted by atomic mass is 19.3. The van der Waals surface area contributed by atoms with Crippen LogP contribution in [0, 0.1) is 0 Å². The van der Waals surface area contributed by atoms with Gasteiger partial charge < -0.3 is 24.3 Å². The van der Waals surface area contributed by atoms with Gasteiger partial charge in [-0.05, 0) is 35.9 Å². The fourth-order valence-corrected chi connectivity index (χ4v) is 2.29. The molecular weight excluding hydrogens is 426 g/mol. The molecule has 0 atom stereocenters. The number of benzene rings is 2. The summed E-state index contributed by atoms with van der Waals surface area (Å²) in [4.78, 5) is 23.7. The number of para-hydroxylation sites is 2. The Labute approximate surface area is 174 Å². The maximum atomic E-state index is 12.4. The number of alkyl halides is 4. The van der Waals surface area contributed by atoms with Crippen LogP contribution in [-0.4, -0.2) is 38.8 Å². The number of halogens is 4. The number of carbonyl (C=O) groups excluding carboxylic acids is 2. The van der Waals surface area contributed by atoms with E-state index in [-0.39, 0.29) is 22.9 Å². The summed E-state index contributed by atoms with van der Waals surface area (Å²) < 4.78 is 67.7. The number of ether oxygens (including phenoxy) is 4. The van der Waals surface area contributed by atoms with Crippen LogP contribution in [0.5, 0.6) is 17.2 Å². The van der Waals surface area contributed by atoms with E-state index in [1.165, 1.54) is 55.7 Å². The molecule has 0 aromatic heterocycles. The van der Waals surface area contributed by atoms with Crippen LogP contribution in [0.2, 0.25) is 0 Å². The highest BCUT2D eigenvalue weighted by molar-refractivity contribution is 5.95. The number of hydrogen-bond donors (Lipinski definition) is 1. The van der Waals surface area contributed by atoms with Crippen molar-refractivity contribution in [3.05, 3.63) is 54.1 Å². The minimum atomic E-state index is -3.07. The molecule has 0 spiro atoms. The van der Waals surface area contributed by atoms with Gasteiger partial charge in [-0.3, -0.25) is 4.79 Å². The minimum Gasteiger partial charge on any atom is -0.493 e. The van der Waals surface area contributed by atoms with Crippen LogP contribution >= 0.6 is 0 Å². The molecule has 31 heavy (non-hydrogen) atoms. The summed E-state index contributed by atoms with van der Waals surface area (Å²) in [6, 6.07) is 9.51. The topological polar surface area (TPSA) is 83.1 Å². The summed E-state index contributed by atoms with van der Waals surface area (Å²) >= 11 is 0. The van der Waals surface area contributed by atoms with Gasteiger partial charge in [0.15, 0.2) is 18.1 Å². The van der Waals surface area contributed by atoms with Gasteiger partial charge in [0, 0.05) is 6.08 Å². The average molecular weight is 443 g/mol. The molecule has 0 aliphatic rings. The zero-order valence-electron chi connectivity index (χ0n) is 16.0. The first kappa shape index (κ1) is 23.5. The van der Waals surface area contributed by atoms with E-state index in [2.05, 4.69) is 14.8 Å². The number of nitrogens with one attached hydrogen (secondary N) is 1. The number of esters is 1. The van der Waals surface area contributed by atoms with E-state index >= 15 is 0 Å². The van der Waals surface area contributed by atoms with Gasteiger partial charge >= 0.3 is 19.2 Å². The largest absolute Gasteiger partial charge is 0.493 e. The van der Waals surface area contributed by atoms with Crippen molar-refractivity contribution >= 4 is 23.6 Å². The summed E-state index contributed by atoms with van der Waals surface area (Å²) in [5, 5.41) is 2.29. The van der Waals surface area contributed by atoms with E-state index < -0.39 is 31.7 Å². The Morgan fingerprint density at radius 3 is 2.32 bits per heavy atom. The molecule has 0 bridgehead atoms. The smallest absolute Gasteiger partial charge is 0.387 e. The predicted octanol–water partition coefficient (Wildman–Crippen LogP) is 4.09. The number of rotatable bonds is 10. The van der Waals surface area contributed by atoms with Crippen molar-refractivity contribution in [3.63, 3.8) is 0 Å². The first-order valence-corrected chi connectivity index (χ1v) is 8.60. The van der Waals surface area contributed by atoms with E-state index in [1.807, 2.05) is 0 Å². The molecule has 0 heterocycles. The van der Waals surface area contributed by atoms with Crippen LogP contribution in [0.3, 0.4) is 0 Å². The maximum Gasteiger partial charge on any atom is 0.387 e. The quantitative estimate of drug-likeness (QED) is 0.338. The fourth-order valence-electron chi connectivity index (χ4n) is 2.29. The second-order valence-electron chi connectivity index (χ2n) is 5.65. The third-order valence-electron chi connectivity index (χ3n) is 3.54. The summed E-state index contributed by atoms with van der Waals surface area (Å²) in [6.07, 6.45) is 2.31. The van der Waals surface area contributed by atoms with E-state index in [1.54, 1.807) is 0 Å². The molecule has 2 aromatic carbocycles. The van der Waals surface area contributed by atoms with Crippen molar-refractivity contribution in [1.82, 2.24) is 0 Å². The molecule has 0 aliphatic heterocycles. The van der Waals surface area contributed by atoms with Gasteiger partial charge in [-0.15, -0.1) is 0 Å². The monoisotopic (exact) mass is 443 g/mol. The lowest BCUT2D eigenvalue weighted by Gasteiger charge is -2.11. The van der Waals surface area contributed by atoms with E-state index in [4.69, 9.17) is 9.47 Å². The molecular formula is C20H17F4NO6. The first-order chi connectivity index (χ1) is 14.8. The molecule has 0 unspecified atom stereocenters. The van der Waals surface area contributed by atoms with Crippen molar-refractivity contribution in [3.8, 4) is 17.2 Å². The Kier molecular flexibility index (Phi) is 8.67. The van der Waals surface area contributed by atoms with Crippen molar-refractivity contribution in [2.24, 2.45) is 0 Å². The molecule has 11 heteroatoms. The molecule has 1 amide bonds. The lowest BCUT2D eigenvalue weighted by molar-refractivity contribution is -0.142. The fraction of sp³-hybridized carbons (Fsp3) is 0.200. The lowest BCUT2D eigenvalue weighted by atomic mass is 10.2. The minimum absolute atomic E-state index is 0.0161. The summed E-state index contributed by atoms with van der Waals surface area (Å²) in [7, 11) is 1.26. The third kappa shape index (κ3) is 7.88. The van der Waals surface area contributed by atoms with Gasteiger partial charge in [0.1, 0.15) is 5.75 Å². The summed E-state index contributed by atoms with van der Waals surface area (Å²) in [6.45, 7) is -6.78. The van der Waals surface area contributed by atoms with Crippen LogP contribution in [0.4, 0.5) is 23.2 Å². The molecule has 0 fully saturated rings. The molecule has 2 aromatic rings. The molecule has 0 saturated heterocycles. The van der Waals surface area contributed by atoms with E-state index in [0.717, 1.165) is 6.08 Å². The molecule has 7 nitrogen and oxygen atoms in total. The number of hydrogen-bond acceptors (Lipinski definition) is 6. The first-order valence-electron chi connectivity index (χ1n) is 8.60. The van der Waals surface area contributed by atoms with Crippen LogP contribution in [0.25, 0.3) is 6.08 Å². The number of carbonyl (C=O) groups is 2. The number of anilines is 1. The van der Waals surface area contributed by atoms with Crippen molar-refractivity contribution < 1.29 is 46.1 Å². The molecule has 0 aliphatic carbocycles. The second-order valence-corrected chi connectivity index (χ2v) is 5.65. The standard InChI is InChI=1S/C20H17F4NO6/c1-28-16-10-12(6-8-15(16)31-20(23)24)7-9-18(27)29-11-17(26)25-13-4-2-3-5-14(13)30-19(21)22/h2-10,19-20H,11H2,1H3,(H,25,26)/b9-7+. The van der Waals surface area contributed by atoms with Crippen molar-refractivity contribution in [2.45, 2.75) is 13.2 Å². The predicted molar refractivity (Wildman–Crippen MR) is 101 cm³/mol. The van der Waals surface area contributed by atoms with Gasteiger partial charge in [-0.1, -0.05) is 18.2 Å². The lowest BCUT2D eigenvalue weighted by Crippen LogP contribution is -2.20. The normalized spacial score (nSPS) is 10.9. The molecule has 2 rings (SSSR count). The van der Waals surface area contributed by atoms with Crippen molar-refractivity contribution in [1.29, 1.82) is 0 Å². The number of amides is 1. The Balaban J connectivity index is 1.90. The Morgan fingerprint density at radius 2 is 1.65 bits per heavy atom. The van der Waals surface area contributed by atoms with E-state index in [0.29, 0.717) is 5.56 Å². The van der Waals surface area contributed by atoms with Gasteiger partial charge in [-0.25, -0.2) is 4.79 Å². The van der Waals surface area contributed by atoms with Gasteiger partial charge in [-0.2, -0.15) is 17.6 Å². The molecule has 1 N–H and O–H groups in total. The Bertz CT molecular complexity index is 936. The highest BCUT2D eigenvalue weighted by Crippen LogP contribution is 2.30. The van der Waals surface area contributed by atoms with Crippen LogP contribution in [0.1, 0.15) is 5.56 Å². The molecule has 166 valence electrons.